The molecular formula is C27H26N2O4. The highest BCUT2D eigenvalue weighted by Gasteiger charge is 2.52. The monoisotopic (exact) mass is 442 g/mol. The topological polar surface area (TPSA) is 84.5 Å². The van der Waals surface area contributed by atoms with Gasteiger partial charge in [-0.25, -0.2) is 0 Å². The number of esters is 1. The highest BCUT2D eigenvalue weighted by Crippen LogP contribution is 2.44. The Labute approximate surface area is 192 Å². The Morgan fingerprint density at radius 3 is 2.36 bits per heavy atom. The number of carbonyl (C=O) groups is 3. The minimum atomic E-state index is -0.655. The van der Waals surface area contributed by atoms with Crippen LogP contribution in [0.25, 0.3) is 10.8 Å². The molecule has 2 N–H and O–H groups in total. The molecular weight excluding hydrogens is 416 g/mol. The summed E-state index contributed by atoms with van der Waals surface area (Å²) in [7, 11) is 0. The first-order chi connectivity index (χ1) is 16.0. The Balaban J connectivity index is 1.27. The van der Waals surface area contributed by atoms with Crippen LogP contribution in [0.4, 0.5) is 11.4 Å². The lowest BCUT2D eigenvalue weighted by atomic mass is 9.75. The number of hydrogen-bond donors (Lipinski definition) is 2. The number of carbonyl (C=O) groups excluding carboxylic acids is 3. The van der Waals surface area contributed by atoms with Crippen LogP contribution in [0.15, 0.2) is 66.7 Å². The molecule has 0 bridgehead atoms. The molecule has 1 unspecified atom stereocenters. The van der Waals surface area contributed by atoms with Crippen molar-refractivity contribution in [2.24, 2.45) is 5.92 Å². The molecule has 3 aromatic rings. The maximum atomic E-state index is 13.0. The van der Waals surface area contributed by atoms with Gasteiger partial charge in [0.2, 0.25) is 5.91 Å². The zero-order chi connectivity index (χ0) is 22.8. The summed E-state index contributed by atoms with van der Waals surface area (Å²) < 4.78 is 5.65. The van der Waals surface area contributed by atoms with Gasteiger partial charge in [0.15, 0.2) is 0 Å². The third-order valence-corrected chi connectivity index (χ3v) is 6.79. The van der Waals surface area contributed by atoms with E-state index in [1.807, 2.05) is 42.5 Å². The quantitative estimate of drug-likeness (QED) is 0.537. The summed E-state index contributed by atoms with van der Waals surface area (Å²) in [6.07, 6.45) is 4.65. The Morgan fingerprint density at radius 2 is 1.58 bits per heavy atom. The van der Waals surface area contributed by atoms with Crippen molar-refractivity contribution in [1.82, 2.24) is 0 Å². The van der Waals surface area contributed by atoms with Crippen LogP contribution in [-0.2, 0) is 14.3 Å². The van der Waals surface area contributed by atoms with Crippen LogP contribution in [0.2, 0.25) is 0 Å². The van der Waals surface area contributed by atoms with Gasteiger partial charge in [-0.15, -0.1) is 0 Å². The molecule has 5 rings (SSSR count). The number of fused-ring (bicyclic) bond motifs is 1. The Kier molecular flexibility index (Phi) is 5.58. The standard InChI is InChI=1S/C27H26N2O4/c30-24-17-22(27(33-24)15-4-1-5-16-27)26(32)28-20-13-11-19(12-14-20)25(31)29-23-10-6-8-18-7-2-3-9-21(18)23/h2-3,6-14,22H,1,4-5,15-17H2,(H,28,32)(H,29,31). The third kappa shape index (κ3) is 4.21. The van der Waals surface area contributed by atoms with E-state index < -0.39 is 11.5 Å². The average molecular weight is 443 g/mol. The molecule has 2 aliphatic rings. The van der Waals surface area contributed by atoms with Crippen molar-refractivity contribution in [3.8, 4) is 0 Å². The van der Waals surface area contributed by atoms with Crippen LogP contribution >= 0.6 is 0 Å². The van der Waals surface area contributed by atoms with Crippen LogP contribution in [0.1, 0.15) is 48.9 Å². The lowest BCUT2D eigenvalue weighted by Gasteiger charge is -2.36. The minimum Gasteiger partial charge on any atom is -0.458 e. The number of nitrogens with one attached hydrogen (secondary N) is 2. The molecule has 2 amide bonds. The van der Waals surface area contributed by atoms with Gasteiger partial charge in [0.25, 0.3) is 5.91 Å². The fraction of sp³-hybridized carbons (Fsp3) is 0.296. The zero-order valence-electron chi connectivity index (χ0n) is 18.3. The van der Waals surface area contributed by atoms with Crippen molar-refractivity contribution in [3.63, 3.8) is 0 Å². The fourth-order valence-electron chi connectivity index (χ4n) is 5.09. The molecule has 168 valence electrons. The van der Waals surface area contributed by atoms with Gasteiger partial charge >= 0.3 is 5.97 Å². The number of ether oxygens (including phenoxy) is 1. The second kappa shape index (κ2) is 8.70. The molecule has 1 spiro atoms. The molecule has 1 saturated carbocycles. The number of amides is 2. The third-order valence-electron chi connectivity index (χ3n) is 6.79. The van der Waals surface area contributed by atoms with Crippen LogP contribution in [0.5, 0.6) is 0 Å². The maximum Gasteiger partial charge on any atom is 0.307 e. The van der Waals surface area contributed by atoms with Crippen LogP contribution in [-0.4, -0.2) is 23.4 Å². The molecule has 1 aliphatic heterocycles. The molecule has 0 radical (unpaired) electrons. The number of benzene rings is 3. The van der Waals surface area contributed by atoms with E-state index in [-0.39, 0.29) is 24.2 Å². The molecule has 1 aliphatic carbocycles. The average Bonchev–Trinajstić information content (AvgIpc) is 3.15. The first-order valence-corrected chi connectivity index (χ1v) is 11.5. The van der Waals surface area contributed by atoms with Crippen molar-refractivity contribution >= 4 is 39.9 Å². The SMILES string of the molecule is O=C1CC(C(=O)Nc2ccc(C(=O)Nc3cccc4ccccc34)cc2)C2(CCCCC2)O1. The molecule has 1 atom stereocenters. The normalized spacial score (nSPS) is 19.3. The first-order valence-electron chi connectivity index (χ1n) is 11.5. The van der Waals surface area contributed by atoms with Gasteiger partial charge in [-0.05, 0) is 61.4 Å². The van der Waals surface area contributed by atoms with E-state index in [1.54, 1.807) is 24.3 Å². The molecule has 6 heteroatoms. The molecule has 3 aromatic carbocycles. The van der Waals surface area contributed by atoms with Crippen molar-refractivity contribution in [2.45, 2.75) is 44.1 Å². The van der Waals surface area contributed by atoms with Gasteiger partial charge < -0.3 is 15.4 Å². The Hall–Kier alpha value is -3.67. The van der Waals surface area contributed by atoms with Crippen LogP contribution in [0, 0.1) is 5.92 Å². The maximum absolute atomic E-state index is 13.0. The predicted octanol–water partition coefficient (Wildman–Crippen LogP) is 5.30. The van der Waals surface area contributed by atoms with E-state index in [4.69, 9.17) is 4.74 Å². The second-order valence-corrected chi connectivity index (χ2v) is 8.90. The van der Waals surface area contributed by atoms with E-state index in [0.717, 1.165) is 48.6 Å². The molecule has 1 saturated heterocycles. The van der Waals surface area contributed by atoms with Crippen molar-refractivity contribution in [1.29, 1.82) is 0 Å². The Bertz CT molecular complexity index is 1210. The van der Waals surface area contributed by atoms with Gasteiger partial charge in [0.1, 0.15) is 5.60 Å². The lowest BCUT2D eigenvalue weighted by Crippen LogP contribution is -2.43. The largest absolute Gasteiger partial charge is 0.458 e. The highest BCUT2D eigenvalue weighted by atomic mass is 16.6. The summed E-state index contributed by atoms with van der Waals surface area (Å²) in [6.45, 7) is 0. The van der Waals surface area contributed by atoms with Gasteiger partial charge in [-0.2, -0.15) is 0 Å². The fourth-order valence-corrected chi connectivity index (χ4v) is 5.09. The summed E-state index contributed by atoms with van der Waals surface area (Å²) in [4.78, 5) is 37.8. The summed E-state index contributed by atoms with van der Waals surface area (Å²) in [5, 5.41) is 7.91. The first kappa shape index (κ1) is 21.2. The predicted molar refractivity (Wildman–Crippen MR) is 127 cm³/mol. The van der Waals surface area contributed by atoms with Gasteiger partial charge in [-0.1, -0.05) is 42.8 Å². The van der Waals surface area contributed by atoms with E-state index in [2.05, 4.69) is 10.6 Å². The van der Waals surface area contributed by atoms with Crippen LogP contribution < -0.4 is 10.6 Å². The molecule has 1 heterocycles. The molecule has 33 heavy (non-hydrogen) atoms. The van der Waals surface area contributed by atoms with Crippen molar-refractivity contribution in [3.05, 3.63) is 72.3 Å². The molecule has 0 aromatic heterocycles. The van der Waals surface area contributed by atoms with E-state index in [9.17, 15) is 14.4 Å². The highest BCUT2D eigenvalue weighted by molar-refractivity contribution is 6.09. The Morgan fingerprint density at radius 1 is 0.848 bits per heavy atom. The van der Waals surface area contributed by atoms with Crippen molar-refractivity contribution in [2.75, 3.05) is 10.6 Å². The number of hydrogen-bond acceptors (Lipinski definition) is 4. The zero-order valence-corrected chi connectivity index (χ0v) is 18.3. The van der Waals surface area contributed by atoms with E-state index in [1.165, 1.54) is 0 Å². The van der Waals surface area contributed by atoms with Gasteiger partial charge in [0.05, 0.1) is 12.3 Å². The summed E-state index contributed by atoms with van der Waals surface area (Å²) in [6, 6.07) is 20.5. The molecule has 6 nitrogen and oxygen atoms in total. The second-order valence-electron chi connectivity index (χ2n) is 8.90. The summed E-state index contributed by atoms with van der Waals surface area (Å²) >= 11 is 0. The smallest absolute Gasteiger partial charge is 0.307 e. The lowest BCUT2D eigenvalue weighted by molar-refractivity contribution is -0.153. The van der Waals surface area contributed by atoms with Crippen LogP contribution in [0.3, 0.4) is 0 Å². The van der Waals surface area contributed by atoms with Crippen molar-refractivity contribution < 1.29 is 19.1 Å². The number of anilines is 2. The van der Waals surface area contributed by atoms with Gasteiger partial charge in [0, 0.05) is 22.3 Å². The van der Waals surface area contributed by atoms with E-state index >= 15 is 0 Å². The van der Waals surface area contributed by atoms with Gasteiger partial charge in [-0.3, -0.25) is 14.4 Å². The minimum absolute atomic E-state index is 0.122. The molecule has 2 fully saturated rings. The van der Waals surface area contributed by atoms with E-state index in [0.29, 0.717) is 11.3 Å². The summed E-state index contributed by atoms with van der Waals surface area (Å²) in [5.74, 6) is -1.19. The number of rotatable bonds is 4. The summed E-state index contributed by atoms with van der Waals surface area (Å²) in [5.41, 5.74) is 1.17.